The van der Waals surface area contributed by atoms with Crippen molar-refractivity contribution in [3.63, 3.8) is 0 Å². The van der Waals surface area contributed by atoms with Gasteiger partial charge in [-0.3, -0.25) is 9.78 Å². The number of rotatable bonds is 7. The highest BCUT2D eigenvalue weighted by Crippen LogP contribution is 2.23. The van der Waals surface area contributed by atoms with E-state index in [-0.39, 0.29) is 17.6 Å². The first-order valence-corrected chi connectivity index (χ1v) is 9.48. The maximum atomic E-state index is 13.0. The molecule has 1 atom stereocenters. The van der Waals surface area contributed by atoms with E-state index in [1.54, 1.807) is 17.1 Å². The topological polar surface area (TPSA) is 85.8 Å². The van der Waals surface area contributed by atoms with Gasteiger partial charge in [-0.15, -0.1) is 5.10 Å². The summed E-state index contributed by atoms with van der Waals surface area (Å²) < 4.78 is 7.00. The lowest BCUT2D eigenvalue weighted by atomic mass is 10.1. The molecule has 4 rings (SSSR count). The fraction of sp³-hybridized carbons (Fsp3) is 0.182. The van der Waals surface area contributed by atoms with Crippen molar-refractivity contribution >= 4 is 5.91 Å². The zero-order valence-corrected chi connectivity index (χ0v) is 16.0. The molecule has 1 aromatic carbocycles. The van der Waals surface area contributed by atoms with E-state index in [4.69, 9.17) is 4.42 Å². The minimum Gasteiger partial charge on any atom is -0.469 e. The van der Waals surface area contributed by atoms with Crippen LogP contribution in [0.3, 0.4) is 0 Å². The fourth-order valence-electron chi connectivity index (χ4n) is 3.10. The molecule has 1 N–H and O–H groups in total. The Kier molecular flexibility index (Phi) is 5.47. The first-order valence-electron chi connectivity index (χ1n) is 9.48. The van der Waals surface area contributed by atoms with Crippen LogP contribution in [0.25, 0.3) is 17.1 Å². The third-order valence-electron chi connectivity index (χ3n) is 4.57. The summed E-state index contributed by atoms with van der Waals surface area (Å²) in [6.07, 6.45) is 4.84. The monoisotopic (exact) mass is 387 g/mol. The number of para-hydroxylation sites is 1. The number of amides is 1. The van der Waals surface area contributed by atoms with Crippen LogP contribution in [0, 0.1) is 0 Å². The van der Waals surface area contributed by atoms with E-state index in [0.29, 0.717) is 11.4 Å². The summed E-state index contributed by atoms with van der Waals surface area (Å²) in [4.78, 5) is 17.4. The molecule has 3 heterocycles. The summed E-state index contributed by atoms with van der Waals surface area (Å²) in [6, 6.07) is 18.9. The Morgan fingerprint density at radius 1 is 1.10 bits per heavy atom. The highest BCUT2D eigenvalue weighted by molar-refractivity contribution is 5.98. The number of aryl methyl sites for hydroxylation is 1. The minimum atomic E-state index is -0.278. The number of carbonyl (C=O) groups is 1. The van der Waals surface area contributed by atoms with E-state index in [0.717, 1.165) is 24.3 Å². The second-order valence-electron chi connectivity index (χ2n) is 6.74. The van der Waals surface area contributed by atoms with Gasteiger partial charge in [-0.1, -0.05) is 29.5 Å². The minimum absolute atomic E-state index is 0.0499. The second kappa shape index (κ2) is 8.52. The summed E-state index contributed by atoms with van der Waals surface area (Å²) in [7, 11) is 0. The molecule has 0 spiro atoms. The number of nitrogens with zero attached hydrogens (tertiary/aromatic N) is 4. The quantitative estimate of drug-likeness (QED) is 0.523. The van der Waals surface area contributed by atoms with Crippen molar-refractivity contribution in [1.29, 1.82) is 0 Å². The normalized spacial score (nSPS) is 11.9. The Morgan fingerprint density at radius 2 is 1.93 bits per heavy atom. The maximum Gasteiger partial charge on any atom is 0.274 e. The molecular formula is C22H21N5O2. The molecule has 0 saturated carbocycles. The highest BCUT2D eigenvalue weighted by atomic mass is 16.3. The molecule has 7 heteroatoms. The number of aromatic nitrogens is 4. The van der Waals surface area contributed by atoms with Crippen molar-refractivity contribution < 1.29 is 9.21 Å². The first kappa shape index (κ1) is 18.6. The lowest BCUT2D eigenvalue weighted by Crippen LogP contribution is -2.33. The van der Waals surface area contributed by atoms with Gasteiger partial charge in [0.25, 0.3) is 5.91 Å². The van der Waals surface area contributed by atoms with Crippen LogP contribution >= 0.6 is 0 Å². The molecular weight excluding hydrogens is 366 g/mol. The lowest BCUT2D eigenvalue weighted by molar-refractivity contribution is 0.0933. The van der Waals surface area contributed by atoms with Crippen LogP contribution in [0.1, 0.15) is 29.6 Å². The molecule has 0 bridgehead atoms. The van der Waals surface area contributed by atoms with Crippen LogP contribution in [-0.2, 0) is 6.42 Å². The molecule has 0 aliphatic rings. The van der Waals surface area contributed by atoms with Crippen LogP contribution in [-0.4, -0.2) is 31.9 Å². The molecule has 4 aromatic rings. The van der Waals surface area contributed by atoms with Crippen LogP contribution in [0.4, 0.5) is 0 Å². The third kappa shape index (κ3) is 4.24. The fourth-order valence-corrected chi connectivity index (χ4v) is 3.10. The number of pyridine rings is 1. The van der Waals surface area contributed by atoms with Crippen molar-refractivity contribution in [1.82, 2.24) is 25.3 Å². The number of furan rings is 1. The van der Waals surface area contributed by atoms with Gasteiger partial charge in [0.1, 0.15) is 11.5 Å². The largest absolute Gasteiger partial charge is 0.469 e. The molecule has 1 amide bonds. The van der Waals surface area contributed by atoms with Gasteiger partial charge in [0, 0.05) is 18.7 Å². The molecule has 29 heavy (non-hydrogen) atoms. The Balaban J connectivity index is 1.59. The number of benzene rings is 1. The second-order valence-corrected chi connectivity index (χ2v) is 6.74. The summed E-state index contributed by atoms with van der Waals surface area (Å²) in [5.41, 5.74) is 2.25. The molecule has 0 aliphatic heterocycles. The van der Waals surface area contributed by atoms with Crippen molar-refractivity contribution in [3.05, 3.63) is 84.6 Å². The molecule has 0 saturated heterocycles. The molecule has 146 valence electrons. The third-order valence-corrected chi connectivity index (χ3v) is 4.57. The van der Waals surface area contributed by atoms with Gasteiger partial charge in [0.15, 0.2) is 5.69 Å². The first-order chi connectivity index (χ1) is 14.2. The SMILES string of the molecule is C[C@@H](CCc1ccco1)NC(=O)c1nnn(-c2ccccc2)c1-c1ccccn1. The molecule has 0 unspecified atom stereocenters. The Labute approximate surface area is 168 Å². The van der Waals surface area contributed by atoms with E-state index in [1.165, 1.54) is 0 Å². The van der Waals surface area contributed by atoms with Crippen molar-refractivity contribution in [2.24, 2.45) is 0 Å². The predicted octanol–water partition coefficient (Wildman–Crippen LogP) is 3.67. The van der Waals surface area contributed by atoms with Crippen LogP contribution in [0.15, 0.2) is 77.5 Å². The van der Waals surface area contributed by atoms with Gasteiger partial charge < -0.3 is 9.73 Å². The van der Waals surface area contributed by atoms with Crippen LogP contribution in [0.5, 0.6) is 0 Å². The zero-order valence-electron chi connectivity index (χ0n) is 16.0. The molecule has 0 fully saturated rings. The van der Waals surface area contributed by atoms with E-state index in [9.17, 15) is 4.79 Å². The lowest BCUT2D eigenvalue weighted by Gasteiger charge is -2.13. The van der Waals surface area contributed by atoms with Gasteiger partial charge in [0.05, 0.1) is 17.6 Å². The molecule has 0 radical (unpaired) electrons. The number of hydrogen-bond acceptors (Lipinski definition) is 5. The zero-order chi connectivity index (χ0) is 20.1. The van der Waals surface area contributed by atoms with Gasteiger partial charge >= 0.3 is 0 Å². The average molecular weight is 387 g/mol. The van der Waals surface area contributed by atoms with Crippen LogP contribution < -0.4 is 5.32 Å². The Hall–Kier alpha value is -3.74. The molecule has 7 nitrogen and oxygen atoms in total. The van der Waals surface area contributed by atoms with Gasteiger partial charge in [-0.2, -0.15) is 0 Å². The van der Waals surface area contributed by atoms with Crippen molar-refractivity contribution in [3.8, 4) is 17.1 Å². The number of carbonyl (C=O) groups excluding carboxylic acids is 1. The van der Waals surface area contributed by atoms with Gasteiger partial charge in [-0.05, 0) is 49.7 Å². The summed E-state index contributed by atoms with van der Waals surface area (Å²) in [5.74, 6) is 0.620. The maximum absolute atomic E-state index is 13.0. The average Bonchev–Trinajstić information content (AvgIpc) is 3.43. The highest BCUT2D eigenvalue weighted by Gasteiger charge is 2.24. The Morgan fingerprint density at radius 3 is 2.66 bits per heavy atom. The number of hydrogen-bond donors (Lipinski definition) is 1. The van der Waals surface area contributed by atoms with Crippen molar-refractivity contribution in [2.75, 3.05) is 0 Å². The van der Waals surface area contributed by atoms with E-state index >= 15 is 0 Å². The Bertz CT molecular complexity index is 1060. The summed E-state index contributed by atoms with van der Waals surface area (Å²) >= 11 is 0. The van der Waals surface area contributed by atoms with Gasteiger partial charge in [0.2, 0.25) is 0 Å². The van der Waals surface area contributed by atoms with Crippen LogP contribution in [0.2, 0.25) is 0 Å². The van der Waals surface area contributed by atoms with E-state index in [1.807, 2.05) is 67.6 Å². The van der Waals surface area contributed by atoms with E-state index < -0.39 is 0 Å². The summed E-state index contributed by atoms with van der Waals surface area (Å²) in [5, 5.41) is 11.4. The van der Waals surface area contributed by atoms with Crippen molar-refractivity contribution in [2.45, 2.75) is 25.8 Å². The van der Waals surface area contributed by atoms with E-state index in [2.05, 4.69) is 20.6 Å². The molecule has 3 aromatic heterocycles. The molecule has 0 aliphatic carbocycles. The number of nitrogens with one attached hydrogen (secondary N) is 1. The predicted molar refractivity (Wildman–Crippen MR) is 109 cm³/mol. The standard InChI is InChI=1S/C22H21N5O2/c1-16(12-13-18-10-7-15-29-18)24-22(28)20-21(19-11-5-6-14-23-19)27(26-25-20)17-8-3-2-4-9-17/h2-11,14-16H,12-13H2,1H3,(H,24,28)/t16-/m0/s1. The summed E-state index contributed by atoms with van der Waals surface area (Å²) in [6.45, 7) is 1.96. The van der Waals surface area contributed by atoms with Gasteiger partial charge in [-0.25, -0.2) is 4.68 Å². The smallest absolute Gasteiger partial charge is 0.274 e.